The molecule has 7 heteroatoms. The SMILES string of the molecule is NC(=O)C1=C(CC(F)(F)F)Nc2ncccc2C1. The first-order valence-electron chi connectivity index (χ1n) is 5.16. The first-order chi connectivity index (χ1) is 8.37. The van der Waals surface area contributed by atoms with Gasteiger partial charge in [0.05, 0.1) is 6.42 Å². The Labute approximate surface area is 101 Å². The number of nitrogens with one attached hydrogen (secondary N) is 1. The van der Waals surface area contributed by atoms with Gasteiger partial charge in [0.25, 0.3) is 0 Å². The minimum atomic E-state index is -4.41. The van der Waals surface area contributed by atoms with Gasteiger partial charge in [0.15, 0.2) is 0 Å². The molecule has 0 spiro atoms. The Morgan fingerprint density at radius 2 is 2.22 bits per heavy atom. The van der Waals surface area contributed by atoms with Crippen molar-refractivity contribution in [3.8, 4) is 0 Å². The number of primary amides is 1. The summed E-state index contributed by atoms with van der Waals surface area (Å²) in [5.74, 6) is -0.516. The molecule has 1 aromatic heterocycles. The standard InChI is InChI=1S/C11H10F3N3O/c12-11(13,14)5-8-7(9(15)18)4-6-2-1-3-16-10(6)17-8/h1-3H,4-5H2,(H2,15,18)(H,16,17). The van der Waals surface area contributed by atoms with Gasteiger partial charge >= 0.3 is 6.18 Å². The zero-order valence-corrected chi connectivity index (χ0v) is 9.21. The highest BCUT2D eigenvalue weighted by Crippen LogP contribution is 2.32. The number of pyridine rings is 1. The van der Waals surface area contributed by atoms with Crippen molar-refractivity contribution >= 4 is 11.7 Å². The number of hydrogen-bond acceptors (Lipinski definition) is 3. The molecule has 1 aromatic rings. The summed E-state index contributed by atoms with van der Waals surface area (Å²) < 4.78 is 37.2. The van der Waals surface area contributed by atoms with Crippen molar-refractivity contribution in [2.75, 3.05) is 5.32 Å². The Bertz CT molecular complexity index is 523. The lowest BCUT2D eigenvalue weighted by atomic mass is 9.98. The fourth-order valence-corrected chi connectivity index (χ4v) is 1.80. The quantitative estimate of drug-likeness (QED) is 0.848. The molecular formula is C11H10F3N3O. The van der Waals surface area contributed by atoms with Crippen LogP contribution < -0.4 is 11.1 Å². The predicted octanol–water partition coefficient (Wildman–Crippen LogP) is 1.74. The van der Waals surface area contributed by atoms with E-state index in [2.05, 4.69) is 10.3 Å². The highest BCUT2D eigenvalue weighted by Gasteiger charge is 2.33. The van der Waals surface area contributed by atoms with Crippen LogP contribution in [0.3, 0.4) is 0 Å². The van der Waals surface area contributed by atoms with Gasteiger partial charge in [0.1, 0.15) is 5.82 Å². The van der Waals surface area contributed by atoms with Crippen molar-refractivity contribution < 1.29 is 18.0 Å². The molecule has 18 heavy (non-hydrogen) atoms. The number of halogens is 3. The Hall–Kier alpha value is -2.05. The lowest BCUT2D eigenvalue weighted by Crippen LogP contribution is -2.27. The van der Waals surface area contributed by atoms with Crippen LogP contribution in [0.1, 0.15) is 12.0 Å². The summed E-state index contributed by atoms with van der Waals surface area (Å²) in [7, 11) is 0. The maximum Gasteiger partial charge on any atom is 0.394 e. The molecule has 0 atom stereocenters. The molecule has 0 aliphatic carbocycles. The van der Waals surface area contributed by atoms with Crippen LogP contribution >= 0.6 is 0 Å². The monoisotopic (exact) mass is 257 g/mol. The fraction of sp³-hybridized carbons (Fsp3) is 0.273. The molecule has 2 rings (SSSR count). The number of nitrogens with zero attached hydrogens (tertiary/aromatic N) is 1. The van der Waals surface area contributed by atoms with E-state index < -0.39 is 18.5 Å². The van der Waals surface area contributed by atoms with E-state index in [1.807, 2.05) is 0 Å². The largest absolute Gasteiger partial charge is 0.394 e. The number of carbonyl (C=O) groups excluding carboxylic acids is 1. The summed E-state index contributed by atoms with van der Waals surface area (Å²) in [6, 6.07) is 3.33. The number of fused-ring (bicyclic) bond motifs is 1. The maximum atomic E-state index is 12.4. The molecule has 96 valence electrons. The molecule has 0 aromatic carbocycles. The molecular weight excluding hydrogens is 247 g/mol. The molecule has 0 radical (unpaired) electrons. The zero-order chi connectivity index (χ0) is 13.3. The minimum absolute atomic E-state index is 0.0483. The third-order valence-electron chi connectivity index (χ3n) is 2.57. The molecule has 1 aliphatic heterocycles. The summed E-state index contributed by atoms with van der Waals surface area (Å²) in [4.78, 5) is 15.1. The summed E-state index contributed by atoms with van der Waals surface area (Å²) in [6.45, 7) is 0. The van der Waals surface area contributed by atoms with Gasteiger partial charge in [-0.3, -0.25) is 4.79 Å². The van der Waals surface area contributed by atoms with E-state index in [0.717, 1.165) is 0 Å². The Morgan fingerprint density at radius 1 is 1.50 bits per heavy atom. The number of alkyl halides is 3. The van der Waals surface area contributed by atoms with Gasteiger partial charge in [-0.05, 0) is 11.6 Å². The number of hydrogen-bond donors (Lipinski definition) is 2. The van der Waals surface area contributed by atoms with Crippen LogP contribution in [0.4, 0.5) is 19.0 Å². The average Bonchev–Trinajstić information content (AvgIpc) is 2.25. The molecule has 1 amide bonds. The van der Waals surface area contributed by atoms with Gasteiger partial charge < -0.3 is 11.1 Å². The second kappa shape index (κ2) is 4.32. The highest BCUT2D eigenvalue weighted by molar-refractivity contribution is 5.94. The molecule has 0 saturated carbocycles. The fourth-order valence-electron chi connectivity index (χ4n) is 1.80. The summed E-state index contributed by atoms with van der Waals surface area (Å²) in [5.41, 5.74) is 5.49. The minimum Gasteiger partial charge on any atom is -0.366 e. The third-order valence-corrected chi connectivity index (χ3v) is 2.57. The van der Waals surface area contributed by atoms with E-state index in [4.69, 9.17) is 5.73 Å². The molecule has 3 N–H and O–H groups in total. The normalized spacial score (nSPS) is 15.1. The zero-order valence-electron chi connectivity index (χ0n) is 9.21. The topological polar surface area (TPSA) is 68.0 Å². The van der Waals surface area contributed by atoms with Crippen molar-refractivity contribution in [3.63, 3.8) is 0 Å². The van der Waals surface area contributed by atoms with Gasteiger partial charge in [0.2, 0.25) is 5.91 Å². The average molecular weight is 257 g/mol. The number of allylic oxidation sites excluding steroid dienone is 1. The number of amides is 1. The number of aromatic nitrogens is 1. The van der Waals surface area contributed by atoms with Crippen LogP contribution in [0.5, 0.6) is 0 Å². The molecule has 1 aliphatic rings. The first kappa shape index (κ1) is 12.4. The summed E-state index contributed by atoms with van der Waals surface area (Å²) in [5, 5.41) is 2.53. The molecule has 4 nitrogen and oxygen atoms in total. The smallest absolute Gasteiger partial charge is 0.366 e. The predicted molar refractivity (Wildman–Crippen MR) is 58.5 cm³/mol. The summed E-state index contributed by atoms with van der Waals surface area (Å²) in [6.07, 6.45) is -4.10. The molecule has 0 unspecified atom stereocenters. The third kappa shape index (κ3) is 2.61. The van der Waals surface area contributed by atoms with E-state index in [1.165, 1.54) is 6.20 Å². The van der Waals surface area contributed by atoms with Gasteiger partial charge in [-0.15, -0.1) is 0 Å². The van der Waals surface area contributed by atoms with Gasteiger partial charge in [-0.1, -0.05) is 6.07 Å². The van der Waals surface area contributed by atoms with Crippen molar-refractivity contribution in [3.05, 3.63) is 35.2 Å². The van der Waals surface area contributed by atoms with E-state index >= 15 is 0 Å². The number of nitrogens with two attached hydrogens (primary N) is 1. The van der Waals surface area contributed by atoms with Crippen molar-refractivity contribution in [1.82, 2.24) is 4.98 Å². The van der Waals surface area contributed by atoms with Crippen LogP contribution in [-0.4, -0.2) is 17.1 Å². The number of rotatable bonds is 2. The van der Waals surface area contributed by atoms with Crippen LogP contribution in [0.25, 0.3) is 0 Å². The van der Waals surface area contributed by atoms with Crippen LogP contribution in [0.15, 0.2) is 29.6 Å². The molecule has 2 heterocycles. The lowest BCUT2D eigenvalue weighted by Gasteiger charge is -2.23. The van der Waals surface area contributed by atoms with E-state index in [0.29, 0.717) is 11.4 Å². The first-order valence-corrected chi connectivity index (χ1v) is 5.16. The van der Waals surface area contributed by atoms with Gasteiger partial charge in [-0.25, -0.2) is 4.98 Å². The van der Waals surface area contributed by atoms with Crippen molar-refractivity contribution in [1.29, 1.82) is 0 Å². The second-order valence-electron chi connectivity index (χ2n) is 3.93. The molecule has 0 fully saturated rings. The van der Waals surface area contributed by atoms with E-state index in [9.17, 15) is 18.0 Å². The molecule has 0 bridgehead atoms. The highest BCUT2D eigenvalue weighted by atomic mass is 19.4. The Kier molecular flexibility index (Phi) is 2.98. The van der Waals surface area contributed by atoms with Crippen LogP contribution in [0, 0.1) is 0 Å². The van der Waals surface area contributed by atoms with Crippen molar-refractivity contribution in [2.45, 2.75) is 19.0 Å². The van der Waals surface area contributed by atoms with Crippen molar-refractivity contribution in [2.24, 2.45) is 5.73 Å². The van der Waals surface area contributed by atoms with Gasteiger partial charge in [-0.2, -0.15) is 13.2 Å². The van der Waals surface area contributed by atoms with Crippen LogP contribution in [0.2, 0.25) is 0 Å². The van der Waals surface area contributed by atoms with E-state index in [1.54, 1.807) is 12.1 Å². The Balaban J connectivity index is 2.37. The Morgan fingerprint density at radius 3 is 2.83 bits per heavy atom. The lowest BCUT2D eigenvalue weighted by molar-refractivity contribution is -0.127. The second-order valence-corrected chi connectivity index (χ2v) is 3.93. The number of anilines is 1. The number of carbonyl (C=O) groups is 1. The molecule has 0 saturated heterocycles. The van der Waals surface area contributed by atoms with Gasteiger partial charge in [0, 0.05) is 23.9 Å². The van der Waals surface area contributed by atoms with Crippen LogP contribution in [-0.2, 0) is 11.2 Å². The summed E-state index contributed by atoms with van der Waals surface area (Å²) >= 11 is 0. The van der Waals surface area contributed by atoms with E-state index in [-0.39, 0.29) is 17.7 Å². The maximum absolute atomic E-state index is 12.4.